The topological polar surface area (TPSA) is 63.3 Å². The molecule has 3 heteroatoms. The molecule has 3 nitrogen and oxygen atoms in total. The third-order valence-corrected chi connectivity index (χ3v) is 4.97. The number of anilines is 1. The highest BCUT2D eigenvalue weighted by molar-refractivity contribution is 6.08. The average molecular weight is 391 g/mol. The molecule has 4 aromatic rings. The normalized spacial score (nSPS) is 10.9. The van der Waals surface area contributed by atoms with Crippen LogP contribution < -0.4 is 5.73 Å². The summed E-state index contributed by atoms with van der Waals surface area (Å²) in [6, 6.07) is 30.2. The highest BCUT2D eigenvalue weighted by Gasteiger charge is 2.15. The Morgan fingerprint density at radius 1 is 0.733 bits per heavy atom. The number of phenolic OH excluding ortho intramolecular Hbond substituents is 1. The Labute approximate surface area is 175 Å². The Kier molecular flexibility index (Phi) is 5.44. The molecule has 0 aliphatic carbocycles. The highest BCUT2D eigenvalue weighted by Crippen LogP contribution is 2.39. The zero-order chi connectivity index (χ0) is 20.9. The zero-order valence-corrected chi connectivity index (χ0v) is 16.3. The number of hydrogen-bond acceptors (Lipinski definition) is 3. The van der Waals surface area contributed by atoms with E-state index in [2.05, 4.69) is 0 Å². The Morgan fingerprint density at radius 2 is 1.33 bits per heavy atom. The Balaban J connectivity index is 1.84. The number of carbonyl (C=O) groups excluding carboxylic acids is 1. The van der Waals surface area contributed by atoms with Crippen LogP contribution in [0.3, 0.4) is 0 Å². The van der Waals surface area contributed by atoms with E-state index in [9.17, 15) is 9.90 Å². The van der Waals surface area contributed by atoms with Gasteiger partial charge < -0.3 is 10.8 Å². The largest absolute Gasteiger partial charge is 0.507 e. The van der Waals surface area contributed by atoms with Gasteiger partial charge in [-0.3, -0.25) is 4.79 Å². The molecule has 0 spiro atoms. The minimum atomic E-state index is -0.154. The van der Waals surface area contributed by atoms with Crippen LogP contribution in [0.15, 0.2) is 103 Å². The monoisotopic (exact) mass is 391 g/mol. The van der Waals surface area contributed by atoms with Crippen molar-refractivity contribution in [3.8, 4) is 28.0 Å². The zero-order valence-electron chi connectivity index (χ0n) is 16.3. The molecule has 0 heterocycles. The van der Waals surface area contributed by atoms with Crippen molar-refractivity contribution in [2.45, 2.75) is 0 Å². The number of nitrogens with two attached hydrogens (primary N) is 1. The summed E-state index contributed by atoms with van der Waals surface area (Å²) in [5, 5.41) is 10.7. The predicted octanol–water partition coefficient (Wildman–Crippen LogP) is 6.20. The maximum Gasteiger partial charge on any atom is 0.185 e. The van der Waals surface area contributed by atoms with Gasteiger partial charge in [-0.25, -0.2) is 0 Å². The minimum absolute atomic E-state index is 0.120. The first-order valence-corrected chi connectivity index (χ1v) is 9.68. The third kappa shape index (κ3) is 4.01. The van der Waals surface area contributed by atoms with Gasteiger partial charge >= 0.3 is 0 Å². The van der Waals surface area contributed by atoms with Crippen LogP contribution in [-0.2, 0) is 0 Å². The molecule has 0 aliphatic rings. The van der Waals surface area contributed by atoms with Crippen molar-refractivity contribution in [1.82, 2.24) is 0 Å². The van der Waals surface area contributed by atoms with E-state index >= 15 is 0 Å². The summed E-state index contributed by atoms with van der Waals surface area (Å²) in [7, 11) is 0. The smallest absolute Gasteiger partial charge is 0.185 e. The second-order valence-electron chi connectivity index (χ2n) is 6.97. The molecule has 0 aliphatic heterocycles. The van der Waals surface area contributed by atoms with Gasteiger partial charge in [-0.2, -0.15) is 0 Å². The van der Waals surface area contributed by atoms with Crippen molar-refractivity contribution in [2.75, 3.05) is 5.73 Å². The molecule has 0 radical (unpaired) electrons. The standard InChI is InChI=1S/C27H21NO2/c28-22-13-11-20(12-14-22)25(29)17-16-24-26(30)18-15-23(19-7-3-1-4-8-19)27(24)21-9-5-2-6-10-21/h1-18,30H,28H2/b17-16+. The summed E-state index contributed by atoms with van der Waals surface area (Å²) in [6.45, 7) is 0. The maximum atomic E-state index is 12.6. The minimum Gasteiger partial charge on any atom is -0.507 e. The molecule has 0 aromatic heterocycles. The molecule has 0 amide bonds. The molecule has 146 valence electrons. The van der Waals surface area contributed by atoms with E-state index in [-0.39, 0.29) is 11.5 Å². The number of phenols is 1. The SMILES string of the molecule is Nc1ccc(C(=O)/C=C/c2c(O)ccc(-c3ccccc3)c2-c2ccccc2)cc1. The predicted molar refractivity (Wildman–Crippen MR) is 123 cm³/mol. The second-order valence-corrected chi connectivity index (χ2v) is 6.97. The number of rotatable bonds is 5. The molecular formula is C27H21NO2. The van der Waals surface area contributed by atoms with E-state index in [0.29, 0.717) is 16.8 Å². The molecular weight excluding hydrogens is 370 g/mol. The van der Waals surface area contributed by atoms with Gasteiger partial charge in [-0.15, -0.1) is 0 Å². The van der Waals surface area contributed by atoms with Crippen LogP contribution in [0.2, 0.25) is 0 Å². The first-order chi connectivity index (χ1) is 14.6. The number of aromatic hydroxyl groups is 1. The van der Waals surface area contributed by atoms with Crippen LogP contribution in [-0.4, -0.2) is 10.9 Å². The van der Waals surface area contributed by atoms with Crippen molar-refractivity contribution in [3.05, 3.63) is 114 Å². The van der Waals surface area contributed by atoms with Gasteiger partial charge in [0.15, 0.2) is 5.78 Å². The van der Waals surface area contributed by atoms with Gasteiger partial charge in [-0.05, 0) is 59.2 Å². The van der Waals surface area contributed by atoms with Gasteiger partial charge in [-0.1, -0.05) is 66.7 Å². The fourth-order valence-electron chi connectivity index (χ4n) is 3.45. The Bertz CT molecular complexity index is 1200. The van der Waals surface area contributed by atoms with Crippen molar-refractivity contribution in [1.29, 1.82) is 0 Å². The van der Waals surface area contributed by atoms with Crippen molar-refractivity contribution in [3.63, 3.8) is 0 Å². The molecule has 0 unspecified atom stereocenters. The van der Waals surface area contributed by atoms with Gasteiger partial charge in [0.1, 0.15) is 5.75 Å². The summed E-state index contributed by atoms with van der Waals surface area (Å²) >= 11 is 0. The Hall–Kier alpha value is -4.11. The van der Waals surface area contributed by atoms with Crippen LogP contribution in [0, 0.1) is 0 Å². The summed E-state index contributed by atoms with van der Waals surface area (Å²) in [5.41, 5.74) is 11.3. The van der Waals surface area contributed by atoms with E-state index in [1.807, 2.05) is 66.7 Å². The van der Waals surface area contributed by atoms with Gasteiger partial charge in [0, 0.05) is 22.4 Å². The van der Waals surface area contributed by atoms with Crippen molar-refractivity contribution < 1.29 is 9.90 Å². The number of allylic oxidation sites excluding steroid dienone is 1. The lowest BCUT2D eigenvalue weighted by Gasteiger charge is -2.15. The number of ketones is 1. The van der Waals surface area contributed by atoms with E-state index < -0.39 is 0 Å². The quantitative estimate of drug-likeness (QED) is 0.242. The average Bonchev–Trinajstić information content (AvgIpc) is 2.79. The lowest BCUT2D eigenvalue weighted by Crippen LogP contribution is -1.96. The number of hydrogen-bond donors (Lipinski definition) is 2. The third-order valence-electron chi connectivity index (χ3n) is 4.97. The number of nitrogen functional groups attached to an aromatic ring is 1. The summed E-state index contributed by atoms with van der Waals surface area (Å²) in [4.78, 5) is 12.6. The summed E-state index contributed by atoms with van der Waals surface area (Å²) < 4.78 is 0. The lowest BCUT2D eigenvalue weighted by molar-refractivity contribution is 0.104. The first-order valence-electron chi connectivity index (χ1n) is 9.68. The van der Waals surface area contributed by atoms with Crippen molar-refractivity contribution >= 4 is 17.5 Å². The molecule has 0 atom stereocenters. The lowest BCUT2D eigenvalue weighted by atomic mass is 9.89. The number of carbonyl (C=O) groups is 1. The van der Waals surface area contributed by atoms with Gasteiger partial charge in [0.2, 0.25) is 0 Å². The highest BCUT2D eigenvalue weighted by atomic mass is 16.3. The van der Waals surface area contributed by atoms with E-state index in [1.165, 1.54) is 6.08 Å². The molecule has 0 fully saturated rings. The Morgan fingerprint density at radius 3 is 1.97 bits per heavy atom. The molecule has 30 heavy (non-hydrogen) atoms. The van der Waals surface area contributed by atoms with E-state index in [4.69, 9.17) is 5.73 Å². The molecule has 4 aromatic carbocycles. The summed E-state index contributed by atoms with van der Waals surface area (Å²) in [6.07, 6.45) is 3.17. The second kappa shape index (κ2) is 8.50. The van der Waals surface area contributed by atoms with Gasteiger partial charge in [0.25, 0.3) is 0 Å². The maximum absolute atomic E-state index is 12.6. The first kappa shape index (κ1) is 19.2. The van der Waals surface area contributed by atoms with Gasteiger partial charge in [0.05, 0.1) is 0 Å². The summed E-state index contributed by atoms with van der Waals surface area (Å²) in [5.74, 6) is -0.0339. The fourth-order valence-corrected chi connectivity index (χ4v) is 3.45. The molecule has 4 rings (SSSR count). The molecule has 0 bridgehead atoms. The van der Waals surface area contributed by atoms with E-state index in [1.54, 1.807) is 36.4 Å². The fraction of sp³-hybridized carbons (Fsp3) is 0. The molecule has 0 saturated carbocycles. The molecule has 0 saturated heterocycles. The van der Waals surface area contributed by atoms with Crippen LogP contribution in [0.25, 0.3) is 28.3 Å². The van der Waals surface area contributed by atoms with Crippen LogP contribution in [0.1, 0.15) is 15.9 Å². The van der Waals surface area contributed by atoms with E-state index in [0.717, 1.165) is 22.3 Å². The van der Waals surface area contributed by atoms with Crippen molar-refractivity contribution in [2.24, 2.45) is 0 Å². The van der Waals surface area contributed by atoms with Crippen LogP contribution in [0.5, 0.6) is 5.75 Å². The van der Waals surface area contributed by atoms with Crippen LogP contribution in [0.4, 0.5) is 5.69 Å². The van der Waals surface area contributed by atoms with Crippen LogP contribution >= 0.6 is 0 Å². The molecule has 3 N–H and O–H groups in total. The number of benzene rings is 4.